The van der Waals surface area contributed by atoms with Crippen molar-refractivity contribution in [2.75, 3.05) is 58.0 Å². The molecule has 260 valence electrons. The molecule has 1 saturated heterocycles. The van der Waals surface area contributed by atoms with E-state index in [4.69, 9.17) is 5.73 Å². The van der Waals surface area contributed by atoms with E-state index in [-0.39, 0.29) is 46.9 Å². The van der Waals surface area contributed by atoms with Gasteiger partial charge in [-0.05, 0) is 62.7 Å². The first kappa shape index (κ1) is 33.9. The van der Waals surface area contributed by atoms with Crippen LogP contribution in [-0.2, 0) is 20.8 Å². The highest BCUT2D eigenvalue weighted by atomic mass is 16.3. The Morgan fingerprint density at radius 1 is 1.06 bits per heavy atom. The molecule has 4 aliphatic carbocycles. The highest BCUT2D eigenvalue weighted by Crippen LogP contribution is 2.54. The summed E-state index contributed by atoms with van der Waals surface area (Å²) < 4.78 is 0. The second kappa shape index (κ2) is 11.9. The van der Waals surface area contributed by atoms with Gasteiger partial charge in [0.15, 0.2) is 17.1 Å². The third kappa shape index (κ3) is 5.17. The van der Waals surface area contributed by atoms with Gasteiger partial charge in [-0.1, -0.05) is 26.2 Å². The number of nitrogens with zero attached hydrogens (tertiary/aromatic N) is 3. The number of carbonyl (C=O) groups is 4. The predicted octanol–water partition coefficient (Wildman–Crippen LogP) is 2.03. The summed E-state index contributed by atoms with van der Waals surface area (Å²) in [7, 11) is 6.72. The topological polar surface area (TPSA) is 197 Å². The molecule has 13 nitrogen and oxygen atoms in total. The van der Waals surface area contributed by atoms with Gasteiger partial charge in [0.25, 0.3) is 5.91 Å². The zero-order chi connectivity index (χ0) is 35.0. The second-order valence-corrected chi connectivity index (χ2v) is 15.3. The number of rotatable bonds is 7. The number of aromatic hydroxyl groups is 1. The standard InChI is InChI=1S/C35H47N5O8/c1-34(9-7-6-8-10-34)16-40-14-18(15-40)33(47)37-21-13-22(38(2)3)19-11-17-12-20-26(39(4)5)29(43)25(32(36)46)31(45)35(20,48)30(44)23(17)28(42)24(19)27(21)41/h13,17-18,20,26,41,43-44,48H,6-12,14-16H2,1-5H3,(H2,36,46)(H,37,47)/t17-,20-,26-,35-/m0/s1. The number of nitrogens with one attached hydrogen (secondary N) is 1. The molecule has 0 aromatic heterocycles. The number of primary amides is 1. The predicted molar refractivity (Wildman–Crippen MR) is 178 cm³/mol. The number of carbonyl (C=O) groups excluding carboxylic acids is 4. The average Bonchev–Trinajstić information content (AvgIpc) is 2.97. The van der Waals surface area contributed by atoms with Crippen molar-refractivity contribution in [3.05, 3.63) is 39.9 Å². The molecule has 48 heavy (non-hydrogen) atoms. The molecule has 2 amide bonds. The Morgan fingerprint density at radius 3 is 2.29 bits per heavy atom. The molecule has 6 rings (SSSR count). The first-order valence-electron chi connectivity index (χ1n) is 16.7. The number of ketones is 2. The van der Waals surface area contributed by atoms with Crippen LogP contribution in [0.4, 0.5) is 11.4 Å². The number of Topliss-reactive ketones (excluding diaryl/α,β-unsaturated/α-hetero) is 2. The smallest absolute Gasteiger partial charge is 0.255 e. The lowest BCUT2D eigenvalue weighted by Gasteiger charge is -2.50. The fourth-order valence-corrected chi connectivity index (χ4v) is 9.00. The first-order chi connectivity index (χ1) is 22.5. The average molecular weight is 666 g/mol. The maximum atomic E-state index is 14.3. The number of likely N-dealkylation sites (tertiary alicyclic amines) is 1. The van der Waals surface area contributed by atoms with Crippen LogP contribution in [0.2, 0.25) is 0 Å². The number of aliphatic hydroxyl groups is 3. The van der Waals surface area contributed by atoms with Crippen LogP contribution >= 0.6 is 0 Å². The largest absolute Gasteiger partial charge is 0.510 e. The third-order valence-electron chi connectivity index (χ3n) is 11.4. The van der Waals surface area contributed by atoms with Crippen LogP contribution in [0.3, 0.4) is 0 Å². The number of nitrogens with two attached hydrogens (primary N) is 1. The Morgan fingerprint density at radius 2 is 1.71 bits per heavy atom. The minimum atomic E-state index is -2.72. The number of hydrogen-bond donors (Lipinski definition) is 6. The van der Waals surface area contributed by atoms with Gasteiger partial charge in [-0.3, -0.25) is 24.1 Å². The molecular weight excluding hydrogens is 618 g/mol. The molecule has 2 fully saturated rings. The summed E-state index contributed by atoms with van der Waals surface area (Å²) in [6.07, 6.45) is 6.26. The van der Waals surface area contributed by atoms with Crippen LogP contribution in [0.15, 0.2) is 28.7 Å². The molecule has 0 bridgehead atoms. The number of likely N-dealkylation sites (N-methyl/N-ethyl adjacent to an activating group) is 1. The fraction of sp³-hybridized carbons (Fsp3) is 0.600. The number of phenolic OH excluding ortho intramolecular Hbond substituents is 1. The molecule has 1 aromatic carbocycles. The van der Waals surface area contributed by atoms with E-state index in [2.05, 4.69) is 17.1 Å². The van der Waals surface area contributed by atoms with Gasteiger partial charge in [0.2, 0.25) is 11.7 Å². The van der Waals surface area contributed by atoms with Crippen LogP contribution in [-0.4, -0.2) is 113 Å². The Balaban J connectivity index is 1.32. The minimum Gasteiger partial charge on any atom is -0.510 e. The van der Waals surface area contributed by atoms with Crippen molar-refractivity contribution in [3.63, 3.8) is 0 Å². The molecule has 0 spiro atoms. The maximum Gasteiger partial charge on any atom is 0.255 e. The molecule has 1 saturated carbocycles. The molecule has 13 heteroatoms. The van der Waals surface area contributed by atoms with E-state index in [0.29, 0.717) is 24.3 Å². The van der Waals surface area contributed by atoms with Gasteiger partial charge < -0.3 is 41.3 Å². The van der Waals surface area contributed by atoms with E-state index in [1.165, 1.54) is 37.0 Å². The van der Waals surface area contributed by atoms with E-state index in [1.807, 2.05) is 0 Å². The Kier molecular flexibility index (Phi) is 8.40. The van der Waals surface area contributed by atoms with E-state index in [0.717, 1.165) is 6.54 Å². The van der Waals surface area contributed by atoms with Gasteiger partial charge in [-0.25, -0.2) is 0 Å². The highest BCUT2D eigenvalue weighted by Gasteiger charge is 2.63. The van der Waals surface area contributed by atoms with Crippen molar-refractivity contribution in [1.29, 1.82) is 0 Å². The summed E-state index contributed by atoms with van der Waals surface area (Å²) >= 11 is 0. The van der Waals surface area contributed by atoms with Gasteiger partial charge in [0.05, 0.1) is 23.2 Å². The summed E-state index contributed by atoms with van der Waals surface area (Å²) in [6.45, 7) is 4.47. The SMILES string of the molecule is CN(C)c1cc(NC(=O)C2CN(CC3(C)CCCCC3)C2)c(O)c2c1C[C@H]1C[C@H]3[C@H](N(C)C)C(O)=C(C(N)=O)C(=O)[C@@]3(O)C(O)=C1C2=O. The molecule has 5 aliphatic rings. The summed E-state index contributed by atoms with van der Waals surface area (Å²) in [5.41, 5.74) is 2.84. The number of amides is 2. The molecular formula is C35H47N5O8. The third-order valence-corrected chi connectivity index (χ3v) is 11.4. The van der Waals surface area contributed by atoms with Crippen LogP contribution in [0.25, 0.3) is 0 Å². The lowest BCUT2D eigenvalue weighted by molar-refractivity contribution is -0.148. The Labute approximate surface area is 280 Å². The Bertz CT molecular complexity index is 1650. The molecule has 1 aliphatic heterocycles. The summed E-state index contributed by atoms with van der Waals surface area (Å²) in [5.74, 6) is -7.73. The highest BCUT2D eigenvalue weighted by molar-refractivity contribution is 6.25. The van der Waals surface area contributed by atoms with Crippen molar-refractivity contribution in [2.24, 2.45) is 28.9 Å². The van der Waals surface area contributed by atoms with Gasteiger partial charge in [0, 0.05) is 50.9 Å². The molecule has 1 aromatic rings. The van der Waals surface area contributed by atoms with Crippen LogP contribution in [0, 0.1) is 23.2 Å². The van der Waals surface area contributed by atoms with E-state index in [9.17, 15) is 39.6 Å². The number of anilines is 2. The normalized spacial score (nSPS) is 28.9. The monoisotopic (exact) mass is 665 g/mol. The van der Waals surface area contributed by atoms with Gasteiger partial charge >= 0.3 is 0 Å². The Hall–Kier alpha value is -3.94. The van der Waals surface area contributed by atoms with E-state index in [1.54, 1.807) is 39.2 Å². The molecule has 4 atom stereocenters. The van der Waals surface area contributed by atoms with E-state index >= 15 is 0 Å². The van der Waals surface area contributed by atoms with Crippen molar-refractivity contribution in [1.82, 2.24) is 9.80 Å². The van der Waals surface area contributed by atoms with Gasteiger partial charge in [-0.2, -0.15) is 0 Å². The lowest BCUT2D eigenvalue weighted by Crippen LogP contribution is -2.63. The van der Waals surface area contributed by atoms with Crippen molar-refractivity contribution < 1.29 is 39.6 Å². The zero-order valence-corrected chi connectivity index (χ0v) is 28.3. The molecule has 1 heterocycles. The number of aliphatic hydroxyl groups excluding tert-OH is 2. The fourth-order valence-electron chi connectivity index (χ4n) is 9.00. The van der Waals surface area contributed by atoms with Crippen LogP contribution in [0.1, 0.15) is 61.4 Å². The zero-order valence-electron chi connectivity index (χ0n) is 28.3. The first-order valence-corrected chi connectivity index (χ1v) is 16.7. The van der Waals surface area contributed by atoms with Crippen LogP contribution < -0.4 is 16.0 Å². The van der Waals surface area contributed by atoms with Crippen molar-refractivity contribution >= 4 is 34.8 Å². The quantitative estimate of drug-likeness (QED) is 0.184. The minimum absolute atomic E-state index is 0.00486. The molecule has 0 radical (unpaired) electrons. The van der Waals surface area contributed by atoms with Gasteiger partial charge in [-0.15, -0.1) is 0 Å². The van der Waals surface area contributed by atoms with Crippen molar-refractivity contribution in [2.45, 2.75) is 63.5 Å². The number of benzene rings is 1. The summed E-state index contributed by atoms with van der Waals surface area (Å²) in [6, 6.07) is 0.565. The number of phenols is 1. The number of allylic oxidation sites excluding steroid dienone is 1. The van der Waals surface area contributed by atoms with Gasteiger partial charge in [0.1, 0.15) is 17.1 Å². The summed E-state index contributed by atoms with van der Waals surface area (Å²) in [5, 5.41) is 48.8. The molecule has 7 N–H and O–H groups in total. The lowest BCUT2D eigenvalue weighted by atomic mass is 9.58. The maximum absolute atomic E-state index is 14.3. The van der Waals surface area contributed by atoms with E-state index < -0.39 is 63.8 Å². The van der Waals surface area contributed by atoms with Crippen LogP contribution in [0.5, 0.6) is 5.75 Å². The second-order valence-electron chi connectivity index (χ2n) is 15.3. The number of fused-ring (bicyclic) bond motifs is 3. The van der Waals surface area contributed by atoms with Crippen molar-refractivity contribution in [3.8, 4) is 5.75 Å². The molecule has 0 unspecified atom stereocenters. The number of hydrogen-bond acceptors (Lipinski definition) is 11. The summed E-state index contributed by atoms with van der Waals surface area (Å²) in [4.78, 5) is 59.1.